The minimum absolute atomic E-state index is 0.132. The van der Waals surface area contributed by atoms with Crippen LogP contribution in [0.5, 0.6) is 6.01 Å². The zero-order chi connectivity index (χ0) is 28.1. The van der Waals surface area contributed by atoms with E-state index in [4.69, 9.17) is 16.6 Å². The lowest BCUT2D eigenvalue weighted by Gasteiger charge is -2.34. The third kappa shape index (κ3) is 5.67. The molecule has 41 heavy (non-hydrogen) atoms. The van der Waals surface area contributed by atoms with Gasteiger partial charge in [-0.2, -0.15) is 9.97 Å². The molecule has 1 saturated heterocycles. The third-order valence-corrected chi connectivity index (χ3v) is 8.55. The normalized spacial score (nSPS) is 20.8. The summed E-state index contributed by atoms with van der Waals surface area (Å²) < 4.78 is 2.15. The van der Waals surface area contributed by atoms with Crippen LogP contribution < -0.4 is 15.5 Å². The molecule has 212 valence electrons. The van der Waals surface area contributed by atoms with E-state index < -0.39 is 6.01 Å². The predicted molar refractivity (Wildman–Crippen MR) is 159 cm³/mol. The van der Waals surface area contributed by atoms with Crippen LogP contribution in [0, 0.1) is 5.92 Å². The van der Waals surface area contributed by atoms with Crippen molar-refractivity contribution in [3.63, 3.8) is 0 Å². The Balaban J connectivity index is 1.05. The second-order valence-corrected chi connectivity index (χ2v) is 11.9. The van der Waals surface area contributed by atoms with Crippen LogP contribution in [-0.4, -0.2) is 68.5 Å². The molecule has 3 N–H and O–H groups in total. The maximum absolute atomic E-state index is 12.9. The maximum Gasteiger partial charge on any atom is 0.317 e. The van der Waals surface area contributed by atoms with Crippen LogP contribution >= 0.6 is 11.6 Å². The number of hydrogen-bond acceptors (Lipinski definition) is 8. The number of aromatic nitrogens is 4. The molecular weight excluding hydrogens is 540 g/mol. The van der Waals surface area contributed by atoms with E-state index in [0.717, 1.165) is 49.5 Å². The van der Waals surface area contributed by atoms with Gasteiger partial charge in [-0.1, -0.05) is 23.7 Å². The number of likely N-dealkylation sites (N-methyl/N-ethyl adjacent to an activating group) is 1. The van der Waals surface area contributed by atoms with Gasteiger partial charge < -0.3 is 29.9 Å². The second-order valence-electron chi connectivity index (χ2n) is 11.5. The Kier molecular flexibility index (Phi) is 6.67. The molecule has 3 fully saturated rings. The average Bonchev–Trinajstić information content (AvgIpc) is 3.88. The first-order chi connectivity index (χ1) is 19.9. The van der Waals surface area contributed by atoms with E-state index >= 15 is 0 Å². The quantitative estimate of drug-likeness (QED) is 0.284. The van der Waals surface area contributed by atoms with Crippen molar-refractivity contribution >= 4 is 40.5 Å². The van der Waals surface area contributed by atoms with E-state index in [2.05, 4.69) is 60.3 Å². The molecule has 11 heteroatoms. The van der Waals surface area contributed by atoms with Gasteiger partial charge in [0, 0.05) is 55.6 Å². The van der Waals surface area contributed by atoms with Crippen molar-refractivity contribution in [2.45, 2.75) is 37.6 Å². The van der Waals surface area contributed by atoms with Gasteiger partial charge in [-0.3, -0.25) is 4.79 Å². The Bertz CT molecular complexity index is 1610. The fourth-order valence-corrected chi connectivity index (χ4v) is 5.94. The molecule has 7 rings (SSSR count). The van der Waals surface area contributed by atoms with Gasteiger partial charge in [0.1, 0.15) is 11.6 Å². The molecule has 0 radical (unpaired) electrons. The van der Waals surface area contributed by atoms with E-state index in [0.29, 0.717) is 23.3 Å². The van der Waals surface area contributed by atoms with Crippen molar-refractivity contribution in [1.29, 1.82) is 0 Å². The highest BCUT2D eigenvalue weighted by atomic mass is 35.5. The zero-order valence-electron chi connectivity index (χ0n) is 22.9. The van der Waals surface area contributed by atoms with Crippen LogP contribution in [0.4, 0.5) is 17.3 Å². The number of halogens is 1. The Morgan fingerprint density at radius 2 is 1.83 bits per heavy atom. The van der Waals surface area contributed by atoms with E-state index in [1.165, 1.54) is 24.1 Å². The summed E-state index contributed by atoms with van der Waals surface area (Å²) in [5, 5.41) is 16.9. The van der Waals surface area contributed by atoms with Gasteiger partial charge in [-0.05, 0) is 67.5 Å². The summed E-state index contributed by atoms with van der Waals surface area (Å²) in [6.45, 7) is 4.44. The molecule has 0 unspecified atom stereocenters. The van der Waals surface area contributed by atoms with Gasteiger partial charge in [0.15, 0.2) is 5.65 Å². The minimum atomic E-state index is -0.408. The monoisotopic (exact) mass is 572 g/mol. The molecule has 3 aliphatic rings. The topological polar surface area (TPSA) is 111 Å². The summed E-state index contributed by atoms with van der Waals surface area (Å²) in [4.78, 5) is 30.8. The Labute approximate surface area is 243 Å². The fraction of sp³-hybridized carbons (Fsp3) is 0.400. The molecule has 3 aromatic heterocycles. The van der Waals surface area contributed by atoms with Crippen molar-refractivity contribution < 1.29 is 9.90 Å². The number of carbonyl (C=O) groups excluding carboxylic acids is 1. The van der Waals surface area contributed by atoms with Gasteiger partial charge >= 0.3 is 6.01 Å². The zero-order valence-corrected chi connectivity index (χ0v) is 23.7. The van der Waals surface area contributed by atoms with E-state index in [-0.39, 0.29) is 23.6 Å². The van der Waals surface area contributed by atoms with E-state index in [1.54, 1.807) is 6.07 Å². The lowest BCUT2D eigenvalue weighted by Crippen LogP contribution is -2.44. The number of amides is 1. The lowest BCUT2D eigenvalue weighted by molar-refractivity contribution is -0.117. The molecule has 0 bridgehead atoms. The summed E-state index contributed by atoms with van der Waals surface area (Å²) >= 11 is 6.11. The number of benzene rings is 1. The van der Waals surface area contributed by atoms with Crippen LogP contribution in [0.1, 0.15) is 47.9 Å². The Morgan fingerprint density at radius 1 is 1.02 bits per heavy atom. The molecule has 2 saturated carbocycles. The third-order valence-electron chi connectivity index (χ3n) is 8.32. The van der Waals surface area contributed by atoms with Crippen molar-refractivity contribution in [2.24, 2.45) is 5.92 Å². The number of aromatic hydroxyl groups is 1. The fourth-order valence-electron chi connectivity index (χ4n) is 5.74. The lowest BCUT2D eigenvalue weighted by atomic mass is 10.1. The molecular formula is C30H33ClN8O2. The number of imidazole rings is 1. The van der Waals surface area contributed by atoms with Crippen molar-refractivity contribution in [3.05, 3.63) is 70.6 Å². The van der Waals surface area contributed by atoms with Gasteiger partial charge in [0.05, 0.1) is 17.9 Å². The largest absolute Gasteiger partial charge is 0.479 e. The predicted octanol–water partition coefficient (Wildman–Crippen LogP) is 4.47. The summed E-state index contributed by atoms with van der Waals surface area (Å²) in [6.07, 6.45) is 7.51. The number of nitrogens with one attached hydrogen (secondary N) is 2. The number of fused-ring (bicyclic) bond motifs is 1. The first-order valence-corrected chi connectivity index (χ1v) is 14.6. The smallest absolute Gasteiger partial charge is 0.317 e. The highest BCUT2D eigenvalue weighted by Crippen LogP contribution is 2.48. The van der Waals surface area contributed by atoms with Crippen LogP contribution in [0.2, 0.25) is 5.02 Å². The van der Waals surface area contributed by atoms with Crippen molar-refractivity contribution in [3.8, 4) is 6.01 Å². The van der Waals surface area contributed by atoms with Crippen molar-refractivity contribution in [1.82, 2.24) is 24.3 Å². The Hall–Kier alpha value is -3.89. The summed E-state index contributed by atoms with van der Waals surface area (Å²) in [7, 11) is 2.17. The number of rotatable bonds is 8. The highest BCUT2D eigenvalue weighted by Gasteiger charge is 2.44. The standard InChI is InChI=1S/C30H33ClN8O2/c1-37-7-9-38(10-8-37)25-12-20(18-5-6-18)16-39-17-22(33-28(25)39)15-32-26-14-27(36-30(41)35-26)34-29(40)24-13-23(24)19-3-2-4-21(31)11-19/h2-4,11-12,14,16-18,23-24H,5-10,13,15H2,1H3,(H3,32,34,35,36,40,41)/t23-,24+/m1/s1. The summed E-state index contributed by atoms with van der Waals surface area (Å²) in [5.74, 6) is 1.14. The first kappa shape index (κ1) is 26.0. The molecule has 1 aromatic carbocycles. The van der Waals surface area contributed by atoms with Gasteiger partial charge in [-0.15, -0.1) is 0 Å². The second kappa shape index (κ2) is 10.5. The number of carbonyl (C=O) groups is 1. The molecule has 2 atom stereocenters. The molecule has 1 amide bonds. The molecule has 4 aromatic rings. The molecule has 0 spiro atoms. The average molecular weight is 573 g/mol. The number of piperazine rings is 1. The maximum atomic E-state index is 12.9. The van der Waals surface area contributed by atoms with E-state index in [9.17, 15) is 9.90 Å². The first-order valence-electron chi connectivity index (χ1n) is 14.2. The highest BCUT2D eigenvalue weighted by molar-refractivity contribution is 6.30. The number of hydrogen-bond donors (Lipinski definition) is 3. The van der Waals surface area contributed by atoms with Crippen LogP contribution in [-0.2, 0) is 11.3 Å². The molecule has 1 aliphatic heterocycles. The van der Waals surface area contributed by atoms with Crippen LogP contribution in [0.25, 0.3) is 5.65 Å². The van der Waals surface area contributed by atoms with Crippen LogP contribution in [0.3, 0.4) is 0 Å². The van der Waals surface area contributed by atoms with Gasteiger partial charge in [0.2, 0.25) is 5.91 Å². The summed E-state index contributed by atoms with van der Waals surface area (Å²) in [6, 6.07) is 11.2. The van der Waals surface area contributed by atoms with Crippen LogP contribution in [0.15, 0.2) is 48.8 Å². The molecule has 2 aliphatic carbocycles. The SMILES string of the molecule is CN1CCN(c2cc(C3CC3)cn3cc(CNc4cc(NC(=O)[C@H]5C[C@@H]5c5cccc(Cl)c5)nc(O)n4)nc23)CC1. The number of nitrogens with zero attached hydrogens (tertiary/aromatic N) is 6. The molecule has 10 nitrogen and oxygen atoms in total. The number of pyridine rings is 1. The Morgan fingerprint density at radius 3 is 2.61 bits per heavy atom. The molecule has 4 heterocycles. The van der Waals surface area contributed by atoms with E-state index in [1.807, 2.05) is 24.3 Å². The minimum Gasteiger partial charge on any atom is -0.479 e. The van der Waals surface area contributed by atoms with Crippen molar-refractivity contribution in [2.75, 3.05) is 48.8 Å². The summed E-state index contributed by atoms with van der Waals surface area (Å²) in [5.41, 5.74) is 5.43. The number of anilines is 3. The van der Waals surface area contributed by atoms with Gasteiger partial charge in [0.25, 0.3) is 0 Å². The van der Waals surface area contributed by atoms with Gasteiger partial charge in [-0.25, -0.2) is 4.98 Å².